The SMILES string of the molecule is COc1ccc(-c2nnc(N3C(=O)CS[C@@H]3c3ccc(F)cc3)s2)cc1. The molecule has 1 saturated heterocycles. The predicted molar refractivity (Wildman–Crippen MR) is 101 cm³/mol. The fraction of sp³-hybridized carbons (Fsp3) is 0.167. The second-order valence-electron chi connectivity index (χ2n) is 5.60. The van der Waals surface area contributed by atoms with E-state index in [4.69, 9.17) is 4.74 Å². The first-order valence-electron chi connectivity index (χ1n) is 7.83. The molecule has 0 unspecified atom stereocenters. The van der Waals surface area contributed by atoms with Crippen LogP contribution in [-0.2, 0) is 4.79 Å². The number of amides is 1. The molecule has 26 heavy (non-hydrogen) atoms. The molecule has 2 heterocycles. The van der Waals surface area contributed by atoms with Crippen LogP contribution in [0.15, 0.2) is 48.5 Å². The van der Waals surface area contributed by atoms with Gasteiger partial charge in [-0.25, -0.2) is 4.39 Å². The molecule has 5 nitrogen and oxygen atoms in total. The number of methoxy groups -OCH3 is 1. The molecule has 0 radical (unpaired) electrons. The third-order valence-corrected chi connectivity index (χ3v) is 6.16. The Bertz CT molecular complexity index is 928. The molecular formula is C18H14FN3O2S2. The molecule has 2 aromatic carbocycles. The third kappa shape index (κ3) is 3.17. The van der Waals surface area contributed by atoms with E-state index in [-0.39, 0.29) is 17.1 Å². The molecule has 132 valence electrons. The molecule has 0 aliphatic carbocycles. The number of hydrogen-bond acceptors (Lipinski definition) is 6. The third-order valence-electron chi connectivity index (χ3n) is 3.98. The Hall–Kier alpha value is -2.45. The van der Waals surface area contributed by atoms with Crippen LogP contribution in [0.1, 0.15) is 10.9 Å². The minimum absolute atomic E-state index is 0.0262. The van der Waals surface area contributed by atoms with Gasteiger partial charge in [-0.2, -0.15) is 0 Å². The lowest BCUT2D eigenvalue weighted by molar-refractivity contribution is -0.115. The highest BCUT2D eigenvalue weighted by Crippen LogP contribution is 2.43. The van der Waals surface area contributed by atoms with Crippen LogP contribution in [-0.4, -0.2) is 29.0 Å². The molecule has 1 aromatic heterocycles. The number of carbonyl (C=O) groups is 1. The molecular weight excluding hydrogens is 373 g/mol. The highest BCUT2D eigenvalue weighted by molar-refractivity contribution is 8.00. The number of halogens is 1. The lowest BCUT2D eigenvalue weighted by Gasteiger charge is -2.20. The predicted octanol–water partition coefficient (Wildman–Crippen LogP) is 4.13. The smallest absolute Gasteiger partial charge is 0.240 e. The van der Waals surface area contributed by atoms with Gasteiger partial charge in [0.2, 0.25) is 11.0 Å². The van der Waals surface area contributed by atoms with Crippen molar-refractivity contribution in [1.29, 1.82) is 0 Å². The summed E-state index contributed by atoms with van der Waals surface area (Å²) in [6, 6.07) is 13.7. The Morgan fingerprint density at radius 2 is 1.85 bits per heavy atom. The van der Waals surface area contributed by atoms with E-state index in [1.54, 1.807) is 24.1 Å². The first kappa shape index (κ1) is 17.0. The van der Waals surface area contributed by atoms with Crippen LogP contribution in [0.25, 0.3) is 10.6 Å². The Labute approximate surface area is 157 Å². The van der Waals surface area contributed by atoms with E-state index in [1.165, 1.54) is 35.2 Å². The summed E-state index contributed by atoms with van der Waals surface area (Å²) < 4.78 is 18.4. The monoisotopic (exact) mass is 387 g/mol. The lowest BCUT2D eigenvalue weighted by atomic mass is 10.2. The van der Waals surface area contributed by atoms with Gasteiger partial charge in [0.05, 0.1) is 12.9 Å². The number of carbonyl (C=O) groups excluding carboxylic acids is 1. The second kappa shape index (κ2) is 7.05. The average Bonchev–Trinajstić information content (AvgIpc) is 3.29. The minimum atomic E-state index is -0.299. The molecule has 1 amide bonds. The largest absolute Gasteiger partial charge is 0.497 e. The fourth-order valence-corrected chi connectivity index (χ4v) is 4.79. The van der Waals surface area contributed by atoms with Crippen LogP contribution in [0.2, 0.25) is 0 Å². The molecule has 0 saturated carbocycles. The summed E-state index contributed by atoms with van der Waals surface area (Å²) in [4.78, 5) is 14.0. The zero-order valence-electron chi connectivity index (χ0n) is 13.8. The van der Waals surface area contributed by atoms with Crippen molar-refractivity contribution in [3.8, 4) is 16.3 Å². The van der Waals surface area contributed by atoms with Gasteiger partial charge in [0.25, 0.3) is 0 Å². The van der Waals surface area contributed by atoms with Gasteiger partial charge in [-0.3, -0.25) is 9.69 Å². The molecule has 0 spiro atoms. The van der Waals surface area contributed by atoms with Crippen molar-refractivity contribution in [3.05, 3.63) is 59.9 Å². The van der Waals surface area contributed by atoms with E-state index in [0.717, 1.165) is 21.9 Å². The molecule has 4 rings (SSSR count). The number of benzene rings is 2. The topological polar surface area (TPSA) is 55.3 Å². The summed E-state index contributed by atoms with van der Waals surface area (Å²) in [5.41, 5.74) is 1.77. The van der Waals surface area contributed by atoms with Crippen LogP contribution < -0.4 is 9.64 Å². The van der Waals surface area contributed by atoms with Gasteiger partial charge in [0, 0.05) is 5.56 Å². The van der Waals surface area contributed by atoms with Crippen LogP contribution in [0.4, 0.5) is 9.52 Å². The number of thioether (sulfide) groups is 1. The normalized spacial score (nSPS) is 16.9. The van der Waals surface area contributed by atoms with E-state index in [2.05, 4.69) is 10.2 Å². The highest BCUT2D eigenvalue weighted by Gasteiger charge is 2.36. The second-order valence-corrected chi connectivity index (χ2v) is 7.62. The first-order chi connectivity index (χ1) is 12.7. The Kier molecular flexibility index (Phi) is 4.60. The molecule has 1 aliphatic rings. The van der Waals surface area contributed by atoms with E-state index < -0.39 is 0 Å². The number of aromatic nitrogens is 2. The van der Waals surface area contributed by atoms with Crippen LogP contribution in [0.3, 0.4) is 0 Å². The maximum atomic E-state index is 13.2. The van der Waals surface area contributed by atoms with Crippen molar-refractivity contribution >= 4 is 34.1 Å². The molecule has 1 fully saturated rings. The van der Waals surface area contributed by atoms with E-state index >= 15 is 0 Å². The summed E-state index contributed by atoms with van der Waals surface area (Å²) in [6.45, 7) is 0. The summed E-state index contributed by atoms with van der Waals surface area (Å²) >= 11 is 2.86. The van der Waals surface area contributed by atoms with Crippen molar-refractivity contribution in [2.75, 3.05) is 17.8 Å². The van der Waals surface area contributed by atoms with E-state index in [0.29, 0.717) is 10.9 Å². The van der Waals surface area contributed by atoms with Gasteiger partial charge < -0.3 is 4.74 Å². The van der Waals surface area contributed by atoms with Crippen molar-refractivity contribution in [1.82, 2.24) is 10.2 Å². The van der Waals surface area contributed by atoms with Crippen molar-refractivity contribution < 1.29 is 13.9 Å². The number of nitrogens with zero attached hydrogens (tertiary/aromatic N) is 3. The van der Waals surface area contributed by atoms with Gasteiger partial charge in [-0.05, 0) is 42.0 Å². The highest BCUT2D eigenvalue weighted by atomic mass is 32.2. The van der Waals surface area contributed by atoms with Crippen molar-refractivity contribution in [2.24, 2.45) is 0 Å². The lowest BCUT2D eigenvalue weighted by Crippen LogP contribution is -2.27. The Morgan fingerprint density at radius 3 is 2.54 bits per heavy atom. The maximum absolute atomic E-state index is 13.2. The maximum Gasteiger partial charge on any atom is 0.240 e. The van der Waals surface area contributed by atoms with Crippen LogP contribution in [0, 0.1) is 5.82 Å². The van der Waals surface area contributed by atoms with Gasteiger partial charge in [0.15, 0.2) is 0 Å². The van der Waals surface area contributed by atoms with E-state index in [9.17, 15) is 9.18 Å². The minimum Gasteiger partial charge on any atom is -0.497 e. The van der Waals surface area contributed by atoms with Gasteiger partial charge in [0.1, 0.15) is 21.9 Å². The standard InChI is InChI=1S/C18H14FN3O2S2/c1-24-14-8-4-11(5-9-14)16-20-21-18(26-16)22-15(23)10-25-17(22)12-2-6-13(19)7-3-12/h2-9,17H,10H2,1H3/t17-/m1/s1. The first-order valence-corrected chi connectivity index (χ1v) is 9.69. The summed E-state index contributed by atoms with van der Waals surface area (Å²) in [5.74, 6) is 0.800. The molecule has 0 N–H and O–H groups in total. The molecule has 1 aliphatic heterocycles. The van der Waals surface area contributed by atoms with Gasteiger partial charge in [-0.15, -0.1) is 22.0 Å². The zero-order chi connectivity index (χ0) is 18.1. The number of ether oxygens (including phenoxy) is 1. The fourth-order valence-electron chi connectivity index (χ4n) is 2.67. The number of anilines is 1. The molecule has 3 aromatic rings. The molecule has 8 heteroatoms. The number of hydrogen-bond donors (Lipinski definition) is 0. The van der Waals surface area contributed by atoms with Crippen LogP contribution >= 0.6 is 23.1 Å². The average molecular weight is 387 g/mol. The zero-order valence-corrected chi connectivity index (χ0v) is 15.4. The van der Waals surface area contributed by atoms with Gasteiger partial charge in [-0.1, -0.05) is 23.5 Å². The van der Waals surface area contributed by atoms with Crippen molar-refractivity contribution in [3.63, 3.8) is 0 Å². The Morgan fingerprint density at radius 1 is 1.12 bits per heavy atom. The van der Waals surface area contributed by atoms with Crippen molar-refractivity contribution in [2.45, 2.75) is 5.37 Å². The van der Waals surface area contributed by atoms with Crippen LogP contribution in [0.5, 0.6) is 5.75 Å². The summed E-state index contributed by atoms with van der Waals surface area (Å²) in [5, 5.41) is 9.49. The summed E-state index contributed by atoms with van der Waals surface area (Å²) in [7, 11) is 1.62. The van der Waals surface area contributed by atoms with Gasteiger partial charge >= 0.3 is 0 Å². The quantitative estimate of drug-likeness (QED) is 0.674. The van der Waals surface area contributed by atoms with E-state index in [1.807, 2.05) is 24.3 Å². The summed E-state index contributed by atoms with van der Waals surface area (Å²) in [6.07, 6.45) is 0. The molecule has 0 bridgehead atoms. The molecule has 1 atom stereocenters. The number of rotatable bonds is 4. The Balaban J connectivity index is 1.64.